The van der Waals surface area contributed by atoms with Crippen LogP contribution in [0.15, 0.2) is 48.8 Å². The minimum atomic E-state index is -0.490. The van der Waals surface area contributed by atoms with Gasteiger partial charge in [0.05, 0.1) is 0 Å². The molecule has 156 valence electrons. The van der Waals surface area contributed by atoms with Gasteiger partial charge < -0.3 is 76.1 Å². The summed E-state index contributed by atoms with van der Waals surface area (Å²) in [5.74, 6) is -0.980. The molecule has 0 saturated carbocycles. The van der Waals surface area contributed by atoms with Crippen LogP contribution in [-0.2, 0) is 27.4 Å². The second-order valence-electron chi connectivity index (χ2n) is 3.16. The van der Waals surface area contributed by atoms with Gasteiger partial charge in [-0.15, -0.1) is 0 Å². The van der Waals surface area contributed by atoms with E-state index in [0.717, 1.165) is 0 Å². The molecule has 27 heavy (non-hydrogen) atoms. The molecular formula is C12H27Cl3LaN4O7+5. The van der Waals surface area contributed by atoms with E-state index in [4.69, 9.17) is 11.5 Å². The van der Waals surface area contributed by atoms with Gasteiger partial charge in [0.2, 0.25) is 0 Å². The Hall–Kier alpha value is -0.895. The Morgan fingerprint density at radius 2 is 0.889 bits per heavy atom. The topological polar surface area (TPSA) is 277 Å². The van der Waals surface area contributed by atoms with Gasteiger partial charge in [0.15, 0.2) is 0 Å². The second kappa shape index (κ2) is 32.7. The predicted octanol–water partition coefficient (Wildman–Crippen LogP) is -13.2. The summed E-state index contributed by atoms with van der Waals surface area (Å²) in [6, 6.07) is 10.0. The van der Waals surface area contributed by atoms with Crippen molar-refractivity contribution in [1.29, 1.82) is 0 Å². The van der Waals surface area contributed by atoms with Crippen molar-refractivity contribution < 1.29 is 110 Å². The van der Waals surface area contributed by atoms with Crippen LogP contribution in [0.3, 0.4) is 0 Å². The molecule has 2 rings (SSSR count). The van der Waals surface area contributed by atoms with E-state index in [-0.39, 0.29) is 100 Å². The molecule has 0 aliphatic carbocycles. The number of carbonyl (C=O) groups is 2. The van der Waals surface area contributed by atoms with Gasteiger partial charge in [-0.2, -0.15) is 0 Å². The van der Waals surface area contributed by atoms with Crippen LogP contribution in [0.4, 0.5) is 0 Å². The molecule has 0 aliphatic rings. The van der Waals surface area contributed by atoms with Crippen LogP contribution < -0.4 is 48.7 Å². The predicted molar refractivity (Wildman–Crippen MR) is 89.9 cm³/mol. The molecule has 15 heteroatoms. The van der Waals surface area contributed by atoms with Crippen molar-refractivity contribution in [3.8, 4) is 0 Å². The molecule has 0 fully saturated rings. The van der Waals surface area contributed by atoms with Crippen LogP contribution in [0.25, 0.3) is 0 Å². The van der Waals surface area contributed by atoms with E-state index in [1.165, 1.54) is 12.4 Å². The Labute approximate surface area is 202 Å². The fourth-order valence-electron chi connectivity index (χ4n) is 1.02. The Balaban J connectivity index is -0.0000000257. The van der Waals surface area contributed by atoms with Crippen LogP contribution in [0.2, 0.25) is 0 Å². The van der Waals surface area contributed by atoms with Crippen molar-refractivity contribution in [3.63, 3.8) is 0 Å². The molecule has 0 radical (unpaired) electrons. The molecular weight excluding hydrogens is 557 g/mol. The van der Waals surface area contributed by atoms with Crippen molar-refractivity contribution in [2.24, 2.45) is 11.5 Å². The average Bonchev–Trinajstić information content (AvgIpc) is 2.41. The zero-order valence-electron chi connectivity index (χ0n) is 14.1. The molecule has 19 N–H and O–H groups in total. The van der Waals surface area contributed by atoms with E-state index in [9.17, 15) is 9.59 Å². The van der Waals surface area contributed by atoms with Gasteiger partial charge >= 0.3 is 35.6 Å². The maximum atomic E-state index is 10.4. The number of amides is 2. The van der Waals surface area contributed by atoms with Crippen molar-refractivity contribution in [3.05, 3.63) is 60.2 Å². The first-order chi connectivity index (χ1) is 8.61. The number of aromatic nitrogens is 2. The number of pyridine rings is 2. The average molecular weight is 585 g/mol. The molecule has 0 bridgehead atoms. The third kappa shape index (κ3) is 25.1. The molecule has 11 nitrogen and oxygen atoms in total. The standard InChI is InChI=1S/2C6H6N2O.3ClH.La.5H2O/c2*7-6(9)5-3-1-2-4-8-5;;;;;;;;;/h2*1-4H,(H2,7,9);3*1H;;5*1H2/q;;;;;+3;;;;;/p+2. The fraction of sp³-hybridized carbons (Fsp3) is 0. The van der Waals surface area contributed by atoms with Crippen molar-refractivity contribution in [2.75, 3.05) is 0 Å². The van der Waals surface area contributed by atoms with Crippen molar-refractivity contribution in [2.45, 2.75) is 0 Å². The van der Waals surface area contributed by atoms with E-state index in [1.807, 2.05) is 0 Å². The minimum Gasteiger partial charge on any atom is -1.00 e. The van der Waals surface area contributed by atoms with Crippen molar-refractivity contribution >= 4 is 11.8 Å². The van der Waals surface area contributed by atoms with Crippen LogP contribution in [0.1, 0.15) is 21.0 Å². The number of primary amides is 2. The molecule has 0 unspecified atom stereocenters. The number of carbonyl (C=O) groups excluding carboxylic acids is 2. The molecule has 2 aromatic rings. The molecule has 0 aromatic carbocycles. The maximum absolute atomic E-state index is 10.4. The zero-order valence-corrected chi connectivity index (χ0v) is 20.0. The maximum Gasteiger partial charge on any atom is 3.00 e. The van der Waals surface area contributed by atoms with E-state index >= 15 is 0 Å². The Morgan fingerprint density at radius 3 is 1.00 bits per heavy atom. The first-order valence-electron chi connectivity index (χ1n) is 5.03. The van der Waals surface area contributed by atoms with E-state index in [2.05, 4.69) is 9.97 Å². The van der Waals surface area contributed by atoms with E-state index in [0.29, 0.717) is 11.4 Å². The third-order valence-corrected chi connectivity index (χ3v) is 1.83. The van der Waals surface area contributed by atoms with Gasteiger partial charge in [0, 0.05) is 12.4 Å². The molecule has 0 atom stereocenters. The molecule has 2 amide bonds. The van der Waals surface area contributed by atoms with Gasteiger partial charge in [0.1, 0.15) is 11.4 Å². The number of rotatable bonds is 2. The number of hydrogen-bond donors (Lipinski definition) is 2. The summed E-state index contributed by atoms with van der Waals surface area (Å²) in [5.41, 5.74) is 10.4. The first kappa shape index (κ1) is 56.2. The molecule has 2 aromatic heterocycles. The summed E-state index contributed by atoms with van der Waals surface area (Å²) in [6.45, 7) is 0. The summed E-state index contributed by atoms with van der Waals surface area (Å²) < 4.78 is 0. The quantitative estimate of drug-likeness (QED) is 0.325. The summed E-state index contributed by atoms with van der Waals surface area (Å²) in [6.07, 6.45) is 3.06. The molecule has 0 spiro atoms. The van der Waals surface area contributed by atoms with Crippen LogP contribution >= 0.6 is 0 Å². The first-order valence-corrected chi connectivity index (χ1v) is 5.03. The van der Waals surface area contributed by atoms with Crippen LogP contribution in [0.5, 0.6) is 0 Å². The van der Waals surface area contributed by atoms with Crippen LogP contribution in [-0.4, -0.2) is 21.8 Å². The van der Waals surface area contributed by atoms with Gasteiger partial charge in [-0.3, -0.25) is 19.6 Å². The second-order valence-corrected chi connectivity index (χ2v) is 3.16. The molecule has 0 aliphatic heterocycles. The Morgan fingerprint density at radius 1 is 0.630 bits per heavy atom. The Kier molecular flexibility index (Phi) is 68.2. The Bertz CT molecular complexity index is 496. The van der Waals surface area contributed by atoms with Gasteiger partial charge in [-0.1, -0.05) is 12.1 Å². The SMILES string of the molecule is NC(=O)c1ccccn1.NC(=O)c1ccccn1.[Cl-].[Cl-].[Cl-].[La+3].[OH3+].[OH3+].[OH3+].[OH3+].[OH3+]. The number of halogens is 3. The van der Waals surface area contributed by atoms with Gasteiger partial charge in [0.25, 0.3) is 11.8 Å². The van der Waals surface area contributed by atoms with E-state index < -0.39 is 11.8 Å². The molecule has 2 heterocycles. The summed E-state index contributed by atoms with van der Waals surface area (Å²) in [5, 5.41) is 0. The van der Waals surface area contributed by atoms with Gasteiger partial charge in [-0.25, -0.2) is 0 Å². The minimum absolute atomic E-state index is 0. The summed E-state index contributed by atoms with van der Waals surface area (Å²) >= 11 is 0. The fourth-order valence-corrected chi connectivity index (χ4v) is 1.02. The zero-order chi connectivity index (χ0) is 13.4. The van der Waals surface area contributed by atoms with Gasteiger partial charge in [-0.05, 0) is 24.3 Å². The number of nitrogens with zero attached hydrogens (tertiary/aromatic N) is 2. The smallest absolute Gasteiger partial charge is 1.00 e. The van der Waals surface area contributed by atoms with Crippen LogP contribution in [0, 0.1) is 35.6 Å². The normalized spacial score (nSPS) is 5.93. The summed E-state index contributed by atoms with van der Waals surface area (Å²) in [7, 11) is 0. The largest absolute Gasteiger partial charge is 3.00 e. The summed E-state index contributed by atoms with van der Waals surface area (Å²) in [4.78, 5) is 28.1. The number of hydrogen-bond acceptors (Lipinski definition) is 4. The molecule has 0 saturated heterocycles. The van der Waals surface area contributed by atoms with E-state index in [1.54, 1.807) is 36.4 Å². The third-order valence-electron chi connectivity index (χ3n) is 1.83. The van der Waals surface area contributed by atoms with Crippen molar-refractivity contribution in [1.82, 2.24) is 9.97 Å². The number of nitrogens with two attached hydrogens (primary N) is 2. The monoisotopic (exact) mass is 583 g/mol.